The van der Waals surface area contributed by atoms with Crippen molar-refractivity contribution in [2.24, 2.45) is 0 Å². The summed E-state index contributed by atoms with van der Waals surface area (Å²) < 4.78 is 37.9. The van der Waals surface area contributed by atoms with Gasteiger partial charge in [-0.3, -0.25) is 4.79 Å². The van der Waals surface area contributed by atoms with Crippen LogP contribution in [-0.4, -0.2) is 51.0 Å². The van der Waals surface area contributed by atoms with Crippen molar-refractivity contribution in [3.05, 3.63) is 54.1 Å². The van der Waals surface area contributed by atoms with Gasteiger partial charge in [0.2, 0.25) is 10.0 Å². The van der Waals surface area contributed by atoms with Gasteiger partial charge in [0.15, 0.2) is 0 Å². The fourth-order valence-corrected chi connectivity index (χ4v) is 5.14. The number of carbonyl (C=O) groups excluding carboxylic acids is 1. The van der Waals surface area contributed by atoms with Gasteiger partial charge in [-0.15, -0.1) is 0 Å². The van der Waals surface area contributed by atoms with E-state index in [9.17, 15) is 13.2 Å². The third kappa shape index (κ3) is 4.83. The highest BCUT2D eigenvalue weighted by molar-refractivity contribution is 7.89. The second-order valence-electron chi connectivity index (χ2n) is 7.54. The molecule has 0 bridgehead atoms. The van der Waals surface area contributed by atoms with Crippen LogP contribution in [0.1, 0.15) is 36.0 Å². The molecule has 0 spiro atoms. The quantitative estimate of drug-likeness (QED) is 0.760. The minimum absolute atomic E-state index is 0.175. The zero-order valence-electron chi connectivity index (χ0n) is 16.7. The molecule has 0 atom stereocenters. The monoisotopic (exact) mass is 430 g/mol. The summed E-state index contributed by atoms with van der Waals surface area (Å²) in [5, 5.41) is 2.83. The van der Waals surface area contributed by atoms with E-state index in [0.29, 0.717) is 37.6 Å². The number of carbonyl (C=O) groups is 1. The van der Waals surface area contributed by atoms with Crippen LogP contribution in [0, 0.1) is 0 Å². The first-order valence-electron chi connectivity index (χ1n) is 10.3. The van der Waals surface area contributed by atoms with Crippen molar-refractivity contribution in [1.29, 1.82) is 0 Å². The lowest BCUT2D eigenvalue weighted by atomic mass is 10.2. The number of benzene rings is 2. The summed E-state index contributed by atoms with van der Waals surface area (Å²) in [7, 11) is -3.57. The Bertz CT molecular complexity index is 962. The summed E-state index contributed by atoms with van der Waals surface area (Å²) in [6.45, 7) is 1.46. The van der Waals surface area contributed by atoms with Crippen molar-refractivity contribution >= 4 is 21.6 Å². The summed E-state index contributed by atoms with van der Waals surface area (Å²) in [6, 6.07) is 13.3. The van der Waals surface area contributed by atoms with E-state index in [4.69, 9.17) is 9.47 Å². The second kappa shape index (κ2) is 9.16. The van der Waals surface area contributed by atoms with Gasteiger partial charge in [0, 0.05) is 24.3 Å². The van der Waals surface area contributed by atoms with Crippen LogP contribution < -0.4 is 10.1 Å². The summed E-state index contributed by atoms with van der Waals surface area (Å²) in [4.78, 5) is 12.7. The lowest BCUT2D eigenvalue weighted by molar-refractivity contribution is 0.0730. The van der Waals surface area contributed by atoms with Crippen molar-refractivity contribution < 1.29 is 22.7 Å². The number of anilines is 1. The molecule has 2 aromatic carbocycles. The average molecular weight is 431 g/mol. The van der Waals surface area contributed by atoms with Crippen molar-refractivity contribution in [2.75, 3.05) is 31.6 Å². The van der Waals surface area contributed by atoms with Crippen molar-refractivity contribution in [1.82, 2.24) is 4.31 Å². The van der Waals surface area contributed by atoms with E-state index < -0.39 is 10.0 Å². The molecule has 2 fully saturated rings. The van der Waals surface area contributed by atoms with Crippen LogP contribution in [0.4, 0.5) is 5.69 Å². The maximum Gasteiger partial charge on any atom is 0.255 e. The fraction of sp³-hybridized carbons (Fsp3) is 0.409. The number of nitrogens with one attached hydrogen (secondary N) is 1. The number of hydrogen-bond acceptors (Lipinski definition) is 5. The van der Waals surface area contributed by atoms with E-state index in [1.807, 2.05) is 12.1 Å². The lowest BCUT2D eigenvalue weighted by Gasteiger charge is -2.26. The molecule has 1 aliphatic heterocycles. The zero-order valence-corrected chi connectivity index (χ0v) is 17.6. The van der Waals surface area contributed by atoms with Gasteiger partial charge in [-0.1, -0.05) is 0 Å². The van der Waals surface area contributed by atoms with Gasteiger partial charge < -0.3 is 14.8 Å². The zero-order chi connectivity index (χ0) is 21.0. The van der Waals surface area contributed by atoms with Crippen molar-refractivity contribution in [3.8, 4) is 5.75 Å². The Morgan fingerprint density at radius 1 is 0.967 bits per heavy atom. The normalized spacial score (nSPS) is 18.3. The summed E-state index contributed by atoms with van der Waals surface area (Å²) >= 11 is 0. The molecule has 0 aromatic heterocycles. The molecular formula is C22H26N2O5S. The highest BCUT2D eigenvalue weighted by Crippen LogP contribution is 2.25. The van der Waals surface area contributed by atoms with E-state index in [0.717, 1.165) is 18.6 Å². The number of amides is 1. The van der Waals surface area contributed by atoms with Crippen LogP contribution in [0.15, 0.2) is 53.4 Å². The maximum absolute atomic E-state index is 12.7. The molecule has 1 saturated heterocycles. The Kier molecular flexibility index (Phi) is 6.36. The molecule has 1 heterocycles. The Morgan fingerprint density at radius 3 is 2.23 bits per heavy atom. The molecule has 30 heavy (non-hydrogen) atoms. The third-order valence-corrected chi connectivity index (χ3v) is 7.35. The third-order valence-electron chi connectivity index (χ3n) is 5.44. The first-order chi connectivity index (χ1) is 14.5. The summed E-state index contributed by atoms with van der Waals surface area (Å²) in [5.74, 6) is 0.507. The van der Waals surface area contributed by atoms with Gasteiger partial charge in [-0.2, -0.15) is 4.31 Å². The number of sulfonamides is 1. The SMILES string of the molecule is O=C(Nc1ccc(OC2CCCC2)cc1)c1ccc(S(=O)(=O)N2CCOCC2)cc1. The maximum atomic E-state index is 12.7. The number of hydrogen-bond donors (Lipinski definition) is 1. The topological polar surface area (TPSA) is 84.9 Å². The van der Waals surface area contributed by atoms with E-state index >= 15 is 0 Å². The Labute approximate surface area is 177 Å². The molecule has 1 saturated carbocycles. The molecule has 0 radical (unpaired) electrons. The van der Waals surface area contributed by atoms with Gasteiger partial charge in [0.25, 0.3) is 5.91 Å². The predicted octanol–water partition coefficient (Wildman–Crippen LogP) is 3.28. The smallest absolute Gasteiger partial charge is 0.255 e. The van der Waals surface area contributed by atoms with Crippen LogP contribution in [-0.2, 0) is 14.8 Å². The molecule has 0 unspecified atom stereocenters. The van der Waals surface area contributed by atoms with Crippen LogP contribution in [0.5, 0.6) is 5.75 Å². The Balaban J connectivity index is 1.37. The highest BCUT2D eigenvalue weighted by atomic mass is 32.2. The number of morpholine rings is 1. The Morgan fingerprint density at radius 2 is 1.60 bits per heavy atom. The fourth-order valence-electron chi connectivity index (χ4n) is 3.73. The highest BCUT2D eigenvalue weighted by Gasteiger charge is 2.26. The molecule has 1 N–H and O–H groups in total. The molecule has 7 nitrogen and oxygen atoms in total. The second-order valence-corrected chi connectivity index (χ2v) is 9.48. The van der Waals surface area contributed by atoms with Gasteiger partial charge in [0.05, 0.1) is 24.2 Å². The number of rotatable bonds is 6. The molecular weight excluding hydrogens is 404 g/mol. The first kappa shape index (κ1) is 20.8. The average Bonchev–Trinajstić information content (AvgIpc) is 3.29. The van der Waals surface area contributed by atoms with Crippen LogP contribution >= 0.6 is 0 Å². The molecule has 4 rings (SSSR count). The van der Waals surface area contributed by atoms with Crippen molar-refractivity contribution in [2.45, 2.75) is 36.7 Å². The van der Waals surface area contributed by atoms with Gasteiger partial charge in [0.1, 0.15) is 5.75 Å². The first-order valence-corrected chi connectivity index (χ1v) is 11.7. The van der Waals surface area contributed by atoms with Gasteiger partial charge >= 0.3 is 0 Å². The van der Waals surface area contributed by atoms with Gasteiger partial charge in [-0.25, -0.2) is 8.42 Å². The Hall–Kier alpha value is -2.42. The molecule has 2 aliphatic rings. The van der Waals surface area contributed by atoms with Crippen LogP contribution in [0.25, 0.3) is 0 Å². The predicted molar refractivity (Wildman–Crippen MR) is 113 cm³/mol. The van der Waals surface area contributed by atoms with Gasteiger partial charge in [-0.05, 0) is 74.2 Å². The lowest BCUT2D eigenvalue weighted by Crippen LogP contribution is -2.40. The summed E-state index contributed by atoms with van der Waals surface area (Å²) in [5.41, 5.74) is 1.05. The number of nitrogens with zero attached hydrogens (tertiary/aromatic N) is 1. The van der Waals surface area contributed by atoms with E-state index in [2.05, 4.69) is 5.32 Å². The minimum atomic E-state index is -3.57. The molecule has 160 valence electrons. The van der Waals surface area contributed by atoms with Crippen molar-refractivity contribution in [3.63, 3.8) is 0 Å². The minimum Gasteiger partial charge on any atom is -0.490 e. The molecule has 8 heteroatoms. The molecule has 1 aliphatic carbocycles. The molecule has 2 aromatic rings. The summed E-state index contributed by atoms with van der Waals surface area (Å²) in [6.07, 6.45) is 4.90. The van der Waals surface area contributed by atoms with E-state index in [1.165, 1.54) is 41.4 Å². The molecule has 1 amide bonds. The van der Waals surface area contributed by atoms with E-state index in [1.54, 1.807) is 12.1 Å². The van der Waals surface area contributed by atoms with E-state index in [-0.39, 0.29) is 16.9 Å². The largest absolute Gasteiger partial charge is 0.490 e. The van der Waals surface area contributed by atoms with Crippen LogP contribution in [0.3, 0.4) is 0 Å². The standard InChI is InChI=1S/C22H26N2O5S/c25-22(23-18-7-9-20(10-8-18)29-19-3-1-2-4-19)17-5-11-21(12-6-17)30(26,27)24-13-15-28-16-14-24/h5-12,19H,1-4,13-16H2,(H,23,25). The van der Waals surface area contributed by atoms with Crippen LogP contribution in [0.2, 0.25) is 0 Å². The number of ether oxygens (including phenoxy) is 2.